The molecular weight excluding hydrogens is 374 g/mol. The lowest BCUT2D eigenvalue weighted by Gasteiger charge is -2.38. The lowest BCUT2D eigenvalue weighted by molar-refractivity contribution is -0.0627. The highest BCUT2D eigenvalue weighted by Gasteiger charge is 2.35. The highest BCUT2D eigenvalue weighted by molar-refractivity contribution is 5.85. The topological polar surface area (TPSA) is 61.7 Å². The monoisotopic (exact) mass is 403 g/mol. The Labute approximate surface area is 173 Å². The molecule has 3 N–H and O–H groups in total. The van der Waals surface area contributed by atoms with E-state index in [9.17, 15) is 10.2 Å². The molecular formula is C23H30ClNO3. The van der Waals surface area contributed by atoms with Gasteiger partial charge in [0.15, 0.2) is 11.5 Å². The second-order valence-electron chi connectivity index (χ2n) is 7.88. The number of aromatic hydroxyl groups is 2. The minimum atomic E-state index is -0.101. The van der Waals surface area contributed by atoms with Gasteiger partial charge in [-0.1, -0.05) is 55.7 Å². The van der Waals surface area contributed by atoms with E-state index in [2.05, 4.69) is 17.4 Å². The fourth-order valence-corrected chi connectivity index (χ4v) is 4.57. The molecule has 2 aromatic rings. The average Bonchev–Trinajstić information content (AvgIpc) is 2.72. The molecule has 1 fully saturated rings. The Kier molecular flexibility index (Phi) is 7.22. The molecule has 0 aromatic heterocycles. The molecule has 2 atom stereocenters. The van der Waals surface area contributed by atoms with Crippen LogP contribution in [0.2, 0.25) is 0 Å². The lowest BCUT2D eigenvalue weighted by Crippen LogP contribution is -2.37. The predicted molar refractivity (Wildman–Crippen MR) is 113 cm³/mol. The number of fused-ring (bicyclic) bond motifs is 1. The summed E-state index contributed by atoms with van der Waals surface area (Å²) in [5.74, 6) is 0.545. The van der Waals surface area contributed by atoms with E-state index in [0.717, 1.165) is 17.7 Å². The summed E-state index contributed by atoms with van der Waals surface area (Å²) in [6.07, 6.45) is 6.95. The van der Waals surface area contributed by atoms with Crippen molar-refractivity contribution in [2.75, 3.05) is 6.54 Å². The van der Waals surface area contributed by atoms with Crippen LogP contribution in [-0.2, 0) is 17.7 Å². The lowest BCUT2D eigenvalue weighted by atomic mass is 9.80. The molecule has 0 bridgehead atoms. The van der Waals surface area contributed by atoms with Gasteiger partial charge in [0.2, 0.25) is 0 Å². The summed E-state index contributed by atoms with van der Waals surface area (Å²) in [5, 5.41) is 23.9. The van der Waals surface area contributed by atoms with E-state index in [4.69, 9.17) is 4.74 Å². The van der Waals surface area contributed by atoms with Gasteiger partial charge in [0.25, 0.3) is 0 Å². The predicted octanol–water partition coefficient (Wildman–Crippen LogP) is 4.87. The normalized spacial score (nSPS) is 22.3. The van der Waals surface area contributed by atoms with Crippen LogP contribution in [0.15, 0.2) is 42.5 Å². The minimum absolute atomic E-state index is 0. The number of hydrogen-bond acceptors (Lipinski definition) is 4. The Bertz CT molecular complexity index is 762. The molecule has 4 rings (SSSR count). The number of nitrogens with one attached hydrogen (secondary N) is 1. The van der Waals surface area contributed by atoms with Gasteiger partial charge in [0.05, 0.1) is 12.2 Å². The SMILES string of the molecule is Cl.Oc1ccc2c(c1O)C[C@H](C1CCCCC1)O[C@@H]2CNCc1ccccc1. The first kappa shape index (κ1) is 21.0. The molecule has 0 spiro atoms. The highest BCUT2D eigenvalue weighted by atomic mass is 35.5. The Morgan fingerprint density at radius 1 is 0.964 bits per heavy atom. The second kappa shape index (κ2) is 9.64. The highest BCUT2D eigenvalue weighted by Crippen LogP contribution is 2.43. The van der Waals surface area contributed by atoms with E-state index in [0.29, 0.717) is 18.9 Å². The maximum Gasteiger partial charge on any atom is 0.161 e. The second-order valence-corrected chi connectivity index (χ2v) is 7.88. The van der Waals surface area contributed by atoms with Crippen LogP contribution in [0.5, 0.6) is 11.5 Å². The van der Waals surface area contributed by atoms with Crippen LogP contribution in [0.25, 0.3) is 0 Å². The summed E-state index contributed by atoms with van der Waals surface area (Å²) in [7, 11) is 0. The molecule has 0 radical (unpaired) electrons. The molecule has 2 aliphatic rings. The molecule has 5 heteroatoms. The van der Waals surface area contributed by atoms with Crippen molar-refractivity contribution >= 4 is 12.4 Å². The van der Waals surface area contributed by atoms with E-state index in [1.54, 1.807) is 6.07 Å². The van der Waals surface area contributed by atoms with Crippen molar-refractivity contribution in [1.82, 2.24) is 5.32 Å². The van der Waals surface area contributed by atoms with Crippen LogP contribution in [0.4, 0.5) is 0 Å². The summed E-state index contributed by atoms with van der Waals surface area (Å²) in [5.41, 5.74) is 3.10. The molecule has 0 saturated heterocycles. The number of rotatable bonds is 5. The van der Waals surface area contributed by atoms with Gasteiger partial charge in [-0.25, -0.2) is 0 Å². The fourth-order valence-electron chi connectivity index (χ4n) is 4.57. The number of hydrogen-bond donors (Lipinski definition) is 3. The van der Waals surface area contributed by atoms with Crippen molar-refractivity contribution in [2.24, 2.45) is 5.92 Å². The maximum absolute atomic E-state index is 10.5. The Morgan fingerprint density at radius 2 is 1.71 bits per heavy atom. The van der Waals surface area contributed by atoms with Gasteiger partial charge in [-0.2, -0.15) is 0 Å². The number of benzene rings is 2. The molecule has 1 aliphatic carbocycles. The van der Waals surface area contributed by atoms with Gasteiger partial charge in [0, 0.05) is 25.1 Å². The zero-order chi connectivity index (χ0) is 18.6. The fraction of sp³-hybridized carbons (Fsp3) is 0.478. The van der Waals surface area contributed by atoms with Crippen molar-refractivity contribution in [3.8, 4) is 11.5 Å². The van der Waals surface area contributed by atoms with E-state index < -0.39 is 0 Å². The Morgan fingerprint density at radius 3 is 2.46 bits per heavy atom. The Balaban J connectivity index is 0.00000225. The number of phenolic OH excluding ortho intramolecular Hbond substituents is 2. The number of halogens is 1. The van der Waals surface area contributed by atoms with Crippen molar-refractivity contribution in [2.45, 2.75) is 57.3 Å². The third-order valence-electron chi connectivity index (χ3n) is 6.07. The molecule has 0 amide bonds. The molecule has 1 heterocycles. The van der Waals surface area contributed by atoms with Gasteiger partial charge >= 0.3 is 0 Å². The molecule has 152 valence electrons. The van der Waals surface area contributed by atoms with Crippen LogP contribution >= 0.6 is 12.4 Å². The molecule has 1 saturated carbocycles. The third-order valence-corrected chi connectivity index (χ3v) is 6.07. The maximum atomic E-state index is 10.5. The van der Waals surface area contributed by atoms with Gasteiger partial charge in [-0.05, 0) is 36.0 Å². The largest absolute Gasteiger partial charge is 0.504 e. The summed E-state index contributed by atoms with van der Waals surface area (Å²) in [6, 6.07) is 13.8. The first-order chi connectivity index (χ1) is 13.2. The van der Waals surface area contributed by atoms with Crippen LogP contribution in [0, 0.1) is 5.92 Å². The Hall–Kier alpha value is -1.75. The van der Waals surface area contributed by atoms with E-state index in [1.807, 2.05) is 24.3 Å². The average molecular weight is 404 g/mol. The molecule has 2 aromatic carbocycles. The standard InChI is InChI=1S/C23H29NO3.ClH/c25-20-12-11-18-19(23(20)26)13-21(17-9-5-2-6-10-17)27-22(18)15-24-14-16-7-3-1-4-8-16;/h1,3-4,7-8,11-12,17,21-22,24-26H,2,5-6,9-10,13-15H2;1H/t21-,22-;/m1./s1. The first-order valence-electron chi connectivity index (χ1n) is 10.2. The molecule has 0 unspecified atom stereocenters. The zero-order valence-electron chi connectivity index (χ0n) is 16.1. The molecule has 1 aliphatic heterocycles. The van der Waals surface area contributed by atoms with Gasteiger partial charge in [0.1, 0.15) is 0 Å². The van der Waals surface area contributed by atoms with Crippen molar-refractivity contribution < 1.29 is 14.9 Å². The van der Waals surface area contributed by atoms with Crippen molar-refractivity contribution in [3.05, 3.63) is 59.2 Å². The molecule has 28 heavy (non-hydrogen) atoms. The van der Waals surface area contributed by atoms with Crippen LogP contribution < -0.4 is 5.32 Å². The van der Waals surface area contributed by atoms with Gasteiger partial charge in [-0.15, -0.1) is 12.4 Å². The van der Waals surface area contributed by atoms with E-state index in [-0.39, 0.29) is 36.1 Å². The van der Waals surface area contributed by atoms with Crippen molar-refractivity contribution in [3.63, 3.8) is 0 Å². The van der Waals surface area contributed by atoms with E-state index in [1.165, 1.54) is 37.7 Å². The van der Waals surface area contributed by atoms with Gasteiger partial charge in [-0.3, -0.25) is 0 Å². The summed E-state index contributed by atoms with van der Waals surface area (Å²) < 4.78 is 6.53. The number of phenols is 2. The summed E-state index contributed by atoms with van der Waals surface area (Å²) in [6.45, 7) is 1.48. The first-order valence-corrected chi connectivity index (χ1v) is 10.2. The van der Waals surface area contributed by atoms with E-state index >= 15 is 0 Å². The minimum Gasteiger partial charge on any atom is -0.504 e. The van der Waals surface area contributed by atoms with Gasteiger partial charge < -0.3 is 20.3 Å². The summed E-state index contributed by atoms with van der Waals surface area (Å²) >= 11 is 0. The smallest absolute Gasteiger partial charge is 0.161 e. The van der Waals surface area contributed by atoms with Crippen LogP contribution in [-0.4, -0.2) is 22.9 Å². The zero-order valence-corrected chi connectivity index (χ0v) is 17.0. The van der Waals surface area contributed by atoms with Crippen LogP contribution in [0.3, 0.4) is 0 Å². The number of ether oxygens (including phenoxy) is 1. The van der Waals surface area contributed by atoms with Crippen LogP contribution in [0.1, 0.15) is 54.9 Å². The quantitative estimate of drug-likeness (QED) is 0.623. The van der Waals surface area contributed by atoms with Crippen molar-refractivity contribution in [1.29, 1.82) is 0 Å². The summed E-state index contributed by atoms with van der Waals surface area (Å²) in [4.78, 5) is 0. The molecule has 4 nitrogen and oxygen atoms in total. The third kappa shape index (κ3) is 4.62.